The molecule has 140 valence electrons. The standard InChI is InChI=1S/C20H23N5OS/c1-14-17(15(2)23-20(22-14)27-3)9-10-19(26)24-18-8-5-4-7-16(18)13-25-12-6-11-21-25/h4-8,11-12H,9-10,13H2,1-3H3,(H,24,26). The second-order valence-corrected chi connectivity index (χ2v) is 7.04. The molecule has 1 N–H and O–H groups in total. The predicted molar refractivity (Wildman–Crippen MR) is 108 cm³/mol. The summed E-state index contributed by atoms with van der Waals surface area (Å²) in [6.07, 6.45) is 6.62. The van der Waals surface area contributed by atoms with Gasteiger partial charge in [0, 0.05) is 35.9 Å². The molecule has 6 nitrogen and oxygen atoms in total. The Morgan fingerprint density at radius 2 is 1.89 bits per heavy atom. The van der Waals surface area contributed by atoms with Crippen molar-refractivity contribution in [3.63, 3.8) is 0 Å². The van der Waals surface area contributed by atoms with Crippen LogP contribution in [0.5, 0.6) is 0 Å². The number of nitrogens with zero attached hydrogens (tertiary/aromatic N) is 4. The van der Waals surface area contributed by atoms with Crippen molar-refractivity contribution in [2.45, 2.75) is 38.4 Å². The minimum absolute atomic E-state index is 0.0179. The maximum Gasteiger partial charge on any atom is 0.224 e. The second kappa shape index (κ2) is 8.81. The molecule has 1 amide bonds. The van der Waals surface area contributed by atoms with Gasteiger partial charge in [0.15, 0.2) is 5.16 Å². The first kappa shape index (κ1) is 19.1. The molecular formula is C20H23N5OS. The fourth-order valence-electron chi connectivity index (χ4n) is 2.96. The van der Waals surface area contributed by atoms with Crippen LogP contribution in [-0.2, 0) is 17.8 Å². The van der Waals surface area contributed by atoms with Crippen molar-refractivity contribution in [1.29, 1.82) is 0 Å². The summed E-state index contributed by atoms with van der Waals surface area (Å²) in [7, 11) is 0. The Balaban J connectivity index is 1.65. The van der Waals surface area contributed by atoms with E-state index in [9.17, 15) is 4.79 Å². The van der Waals surface area contributed by atoms with Gasteiger partial charge in [-0.2, -0.15) is 5.10 Å². The third-order valence-electron chi connectivity index (χ3n) is 4.37. The zero-order chi connectivity index (χ0) is 19.2. The van der Waals surface area contributed by atoms with Crippen molar-refractivity contribution >= 4 is 23.4 Å². The molecule has 2 heterocycles. The number of rotatable bonds is 7. The van der Waals surface area contributed by atoms with Gasteiger partial charge in [-0.1, -0.05) is 30.0 Å². The zero-order valence-electron chi connectivity index (χ0n) is 15.8. The third-order valence-corrected chi connectivity index (χ3v) is 4.92. The lowest BCUT2D eigenvalue weighted by atomic mass is 10.1. The van der Waals surface area contributed by atoms with E-state index in [2.05, 4.69) is 20.4 Å². The maximum atomic E-state index is 12.5. The number of aryl methyl sites for hydroxylation is 2. The van der Waals surface area contributed by atoms with Gasteiger partial charge in [0.05, 0.1) is 6.54 Å². The molecular weight excluding hydrogens is 358 g/mol. The van der Waals surface area contributed by atoms with Crippen LogP contribution in [0.15, 0.2) is 47.9 Å². The second-order valence-electron chi connectivity index (χ2n) is 6.27. The number of hydrogen-bond donors (Lipinski definition) is 1. The topological polar surface area (TPSA) is 72.7 Å². The molecule has 0 aliphatic carbocycles. The maximum absolute atomic E-state index is 12.5. The highest BCUT2D eigenvalue weighted by molar-refractivity contribution is 7.98. The van der Waals surface area contributed by atoms with Gasteiger partial charge in [0.2, 0.25) is 5.91 Å². The SMILES string of the molecule is CSc1nc(C)c(CCC(=O)Nc2ccccc2Cn2cccn2)c(C)n1. The Bertz CT molecular complexity index is 901. The van der Waals surface area contributed by atoms with Crippen molar-refractivity contribution < 1.29 is 4.79 Å². The van der Waals surface area contributed by atoms with Crippen LogP contribution in [0.25, 0.3) is 0 Å². The van der Waals surface area contributed by atoms with E-state index in [0.29, 0.717) is 19.4 Å². The summed E-state index contributed by atoms with van der Waals surface area (Å²) in [6, 6.07) is 9.69. The Labute approximate surface area is 163 Å². The normalized spacial score (nSPS) is 10.8. The number of hydrogen-bond acceptors (Lipinski definition) is 5. The zero-order valence-corrected chi connectivity index (χ0v) is 16.6. The molecule has 1 aromatic carbocycles. The van der Waals surface area contributed by atoms with Crippen molar-refractivity contribution in [3.8, 4) is 0 Å². The van der Waals surface area contributed by atoms with Gasteiger partial charge >= 0.3 is 0 Å². The predicted octanol–water partition coefficient (Wildman–Crippen LogP) is 3.63. The first-order chi connectivity index (χ1) is 13.1. The van der Waals surface area contributed by atoms with Crippen molar-refractivity contribution in [3.05, 3.63) is 65.2 Å². The van der Waals surface area contributed by atoms with Gasteiger partial charge in [-0.05, 0) is 49.8 Å². The number of aromatic nitrogens is 4. The summed E-state index contributed by atoms with van der Waals surface area (Å²) in [5.74, 6) is -0.0179. The number of anilines is 1. The van der Waals surface area contributed by atoms with Gasteiger partial charge in [-0.3, -0.25) is 9.48 Å². The van der Waals surface area contributed by atoms with Crippen molar-refractivity contribution in [1.82, 2.24) is 19.7 Å². The number of carbonyl (C=O) groups is 1. The van der Waals surface area contributed by atoms with Crippen LogP contribution in [0.1, 0.15) is 28.9 Å². The van der Waals surface area contributed by atoms with E-state index in [4.69, 9.17) is 0 Å². The minimum Gasteiger partial charge on any atom is -0.326 e. The largest absolute Gasteiger partial charge is 0.326 e. The molecule has 0 radical (unpaired) electrons. The van der Waals surface area contributed by atoms with Crippen LogP contribution in [-0.4, -0.2) is 31.9 Å². The number of amides is 1. The Morgan fingerprint density at radius 1 is 1.15 bits per heavy atom. The van der Waals surface area contributed by atoms with Crippen LogP contribution >= 0.6 is 11.8 Å². The van der Waals surface area contributed by atoms with Crippen LogP contribution in [0, 0.1) is 13.8 Å². The summed E-state index contributed by atoms with van der Waals surface area (Å²) in [5.41, 5.74) is 4.78. The van der Waals surface area contributed by atoms with E-state index >= 15 is 0 Å². The number of nitrogens with one attached hydrogen (secondary N) is 1. The molecule has 0 spiro atoms. The Kier molecular flexibility index (Phi) is 6.24. The molecule has 0 unspecified atom stereocenters. The van der Waals surface area contributed by atoms with Crippen LogP contribution in [0.2, 0.25) is 0 Å². The highest BCUT2D eigenvalue weighted by Gasteiger charge is 2.12. The highest BCUT2D eigenvalue weighted by atomic mass is 32.2. The molecule has 3 rings (SSSR count). The molecule has 0 saturated heterocycles. The Morgan fingerprint density at radius 3 is 2.56 bits per heavy atom. The average Bonchev–Trinajstić information content (AvgIpc) is 3.15. The third kappa shape index (κ3) is 4.95. The summed E-state index contributed by atoms with van der Waals surface area (Å²) in [5, 5.41) is 8.03. The molecule has 2 aromatic heterocycles. The summed E-state index contributed by atoms with van der Waals surface area (Å²) < 4.78 is 1.84. The fraction of sp³-hybridized carbons (Fsp3) is 0.300. The number of carbonyl (C=O) groups excluding carboxylic acids is 1. The van der Waals surface area contributed by atoms with Crippen LogP contribution < -0.4 is 5.32 Å². The van der Waals surface area contributed by atoms with Gasteiger partial charge in [-0.15, -0.1) is 0 Å². The average molecular weight is 382 g/mol. The lowest BCUT2D eigenvalue weighted by Crippen LogP contribution is -2.15. The van der Waals surface area contributed by atoms with Crippen molar-refractivity contribution in [2.75, 3.05) is 11.6 Å². The van der Waals surface area contributed by atoms with E-state index in [1.807, 2.05) is 61.3 Å². The molecule has 0 fully saturated rings. The van der Waals surface area contributed by atoms with Gasteiger partial charge in [0.1, 0.15) is 0 Å². The lowest BCUT2D eigenvalue weighted by Gasteiger charge is -2.13. The fourth-order valence-corrected chi connectivity index (χ4v) is 3.42. The molecule has 27 heavy (non-hydrogen) atoms. The molecule has 0 aliphatic heterocycles. The smallest absolute Gasteiger partial charge is 0.224 e. The number of thioether (sulfide) groups is 1. The van der Waals surface area contributed by atoms with E-state index in [0.717, 1.165) is 33.4 Å². The first-order valence-electron chi connectivity index (χ1n) is 8.80. The first-order valence-corrected chi connectivity index (χ1v) is 10.0. The van der Waals surface area contributed by atoms with E-state index < -0.39 is 0 Å². The van der Waals surface area contributed by atoms with Gasteiger partial charge < -0.3 is 5.32 Å². The van der Waals surface area contributed by atoms with Gasteiger partial charge in [0.25, 0.3) is 0 Å². The van der Waals surface area contributed by atoms with Crippen LogP contribution in [0.3, 0.4) is 0 Å². The molecule has 0 atom stereocenters. The molecule has 0 saturated carbocycles. The molecule has 0 bridgehead atoms. The molecule has 7 heteroatoms. The molecule has 0 aliphatic rings. The summed E-state index contributed by atoms with van der Waals surface area (Å²) in [6.45, 7) is 4.56. The van der Waals surface area contributed by atoms with E-state index in [1.165, 1.54) is 11.8 Å². The molecule has 3 aromatic rings. The minimum atomic E-state index is -0.0179. The van der Waals surface area contributed by atoms with E-state index in [-0.39, 0.29) is 5.91 Å². The summed E-state index contributed by atoms with van der Waals surface area (Å²) in [4.78, 5) is 21.5. The quantitative estimate of drug-likeness (QED) is 0.500. The number of benzene rings is 1. The van der Waals surface area contributed by atoms with Crippen molar-refractivity contribution in [2.24, 2.45) is 0 Å². The van der Waals surface area contributed by atoms with E-state index in [1.54, 1.807) is 6.20 Å². The highest BCUT2D eigenvalue weighted by Crippen LogP contribution is 2.19. The van der Waals surface area contributed by atoms with Crippen LogP contribution in [0.4, 0.5) is 5.69 Å². The summed E-state index contributed by atoms with van der Waals surface area (Å²) >= 11 is 1.53. The number of para-hydroxylation sites is 1. The lowest BCUT2D eigenvalue weighted by molar-refractivity contribution is -0.116. The van der Waals surface area contributed by atoms with Gasteiger partial charge in [-0.25, -0.2) is 9.97 Å². The monoisotopic (exact) mass is 381 g/mol. The Hall–Kier alpha value is -2.67.